The van der Waals surface area contributed by atoms with Gasteiger partial charge in [-0.15, -0.1) is 4.73 Å². The van der Waals surface area contributed by atoms with Crippen molar-refractivity contribution < 1.29 is 24.2 Å². The Labute approximate surface area is 198 Å². The fraction of sp³-hybridized carbons (Fsp3) is 0.174. The number of fused-ring (bicyclic) bond motifs is 1. The number of halogens is 2. The molecule has 0 unspecified atom stereocenters. The van der Waals surface area contributed by atoms with Crippen molar-refractivity contribution in [2.24, 2.45) is 0 Å². The summed E-state index contributed by atoms with van der Waals surface area (Å²) >= 11 is 6.17. The smallest absolute Gasteiger partial charge is 0.293 e. The molecule has 1 atom stereocenters. The highest BCUT2D eigenvalue weighted by Gasteiger charge is 2.26. The van der Waals surface area contributed by atoms with Gasteiger partial charge < -0.3 is 25.1 Å². The molecule has 4 aromatic rings. The number of aliphatic hydroxyl groups is 2. The first-order valence-corrected chi connectivity index (χ1v) is 10.4. The Hall–Kier alpha value is -3.73. The summed E-state index contributed by atoms with van der Waals surface area (Å²) in [5, 5.41) is 23.0. The standard InChI is InChI=1S/C23H20ClFN4O5/c1-23(32,12-30)34-29-20-13(9-16(21(29)31)19-17(24)7-4-8-18(19)25)11-26-22(28-20)27-14-5-3-6-15(10-14)33-2/h3-11,30,32H,12H2,1-2H3,(H,26,27,28)/t23-/m0/s1. The lowest BCUT2D eigenvalue weighted by Gasteiger charge is -2.23. The van der Waals surface area contributed by atoms with E-state index in [1.165, 1.54) is 31.5 Å². The molecular formula is C23H20ClFN4O5. The number of hydrogen-bond acceptors (Lipinski definition) is 8. The lowest BCUT2D eigenvalue weighted by atomic mass is 10.1. The van der Waals surface area contributed by atoms with Crippen molar-refractivity contribution in [2.45, 2.75) is 12.7 Å². The lowest BCUT2D eigenvalue weighted by molar-refractivity contribution is -0.211. The van der Waals surface area contributed by atoms with E-state index in [1.54, 1.807) is 24.3 Å². The Morgan fingerprint density at radius 2 is 2.00 bits per heavy atom. The van der Waals surface area contributed by atoms with E-state index in [9.17, 15) is 19.4 Å². The quantitative estimate of drug-likeness (QED) is 0.341. The SMILES string of the molecule is COc1cccc(Nc2ncc3cc(-c4c(F)cccc4Cl)c(=O)n(O[C@](C)(O)CO)c3n2)c1. The van der Waals surface area contributed by atoms with E-state index in [0.29, 0.717) is 21.6 Å². The Bertz CT molecular complexity index is 1410. The molecule has 0 saturated carbocycles. The third kappa shape index (κ3) is 4.65. The van der Waals surface area contributed by atoms with Crippen LogP contribution >= 0.6 is 11.6 Å². The maximum Gasteiger partial charge on any atom is 0.293 e. The summed E-state index contributed by atoms with van der Waals surface area (Å²) in [5.74, 6) is -2.14. The number of nitrogens with zero attached hydrogens (tertiary/aromatic N) is 3. The second kappa shape index (κ2) is 9.26. The maximum atomic E-state index is 14.6. The van der Waals surface area contributed by atoms with Crippen molar-refractivity contribution in [3.05, 3.63) is 75.9 Å². The number of hydrogen-bond donors (Lipinski definition) is 3. The number of rotatable bonds is 7. The van der Waals surface area contributed by atoms with Crippen molar-refractivity contribution in [1.29, 1.82) is 0 Å². The molecule has 9 nitrogen and oxygen atoms in total. The zero-order valence-corrected chi connectivity index (χ0v) is 18.9. The molecule has 0 radical (unpaired) electrons. The minimum atomic E-state index is -2.14. The summed E-state index contributed by atoms with van der Waals surface area (Å²) in [6.07, 6.45) is 1.40. The molecular weight excluding hydrogens is 467 g/mol. The molecule has 4 rings (SSSR count). The molecule has 0 saturated heterocycles. The molecule has 0 amide bonds. The van der Waals surface area contributed by atoms with Crippen LogP contribution in [0.4, 0.5) is 16.0 Å². The molecule has 0 aliphatic heterocycles. The van der Waals surface area contributed by atoms with E-state index in [-0.39, 0.29) is 27.7 Å². The number of ether oxygens (including phenoxy) is 1. The van der Waals surface area contributed by atoms with Gasteiger partial charge in [0.05, 0.1) is 17.7 Å². The average Bonchev–Trinajstić information content (AvgIpc) is 2.81. The molecule has 3 N–H and O–H groups in total. The minimum Gasteiger partial charge on any atom is -0.497 e. The van der Waals surface area contributed by atoms with Gasteiger partial charge in [0, 0.05) is 35.8 Å². The summed E-state index contributed by atoms with van der Waals surface area (Å²) in [6, 6.07) is 12.4. The molecule has 0 bridgehead atoms. The van der Waals surface area contributed by atoms with Gasteiger partial charge in [0.25, 0.3) is 11.3 Å². The Kier molecular flexibility index (Phi) is 6.38. The summed E-state index contributed by atoms with van der Waals surface area (Å²) in [6.45, 7) is 0.330. The van der Waals surface area contributed by atoms with E-state index < -0.39 is 23.8 Å². The zero-order chi connectivity index (χ0) is 24.5. The highest BCUT2D eigenvalue weighted by molar-refractivity contribution is 6.33. The van der Waals surface area contributed by atoms with E-state index >= 15 is 0 Å². The second-order valence-electron chi connectivity index (χ2n) is 7.51. The minimum absolute atomic E-state index is 0.00847. The fourth-order valence-electron chi connectivity index (χ4n) is 3.20. The number of benzene rings is 2. The molecule has 11 heteroatoms. The van der Waals surface area contributed by atoms with E-state index in [1.807, 2.05) is 0 Å². The van der Waals surface area contributed by atoms with E-state index in [0.717, 1.165) is 13.0 Å². The molecule has 2 heterocycles. The summed E-state index contributed by atoms with van der Waals surface area (Å²) in [5.41, 5.74) is -0.544. The van der Waals surface area contributed by atoms with Crippen LogP contribution in [0, 0.1) is 5.82 Å². The molecule has 0 fully saturated rings. The monoisotopic (exact) mass is 486 g/mol. The van der Waals surface area contributed by atoms with Gasteiger partial charge in [-0.05, 0) is 30.3 Å². The van der Waals surface area contributed by atoms with Crippen molar-refractivity contribution in [3.63, 3.8) is 0 Å². The largest absolute Gasteiger partial charge is 0.497 e. The van der Waals surface area contributed by atoms with E-state index in [4.69, 9.17) is 21.2 Å². The Morgan fingerprint density at radius 1 is 1.24 bits per heavy atom. The van der Waals surface area contributed by atoms with Gasteiger partial charge in [-0.2, -0.15) is 4.98 Å². The van der Waals surface area contributed by atoms with Crippen molar-refractivity contribution in [2.75, 3.05) is 19.0 Å². The molecule has 176 valence electrons. The number of methoxy groups -OCH3 is 1. The topological polar surface area (TPSA) is 119 Å². The molecule has 0 aliphatic carbocycles. The van der Waals surface area contributed by atoms with Crippen molar-refractivity contribution in [1.82, 2.24) is 14.7 Å². The maximum absolute atomic E-state index is 14.6. The third-order valence-corrected chi connectivity index (χ3v) is 5.16. The predicted molar refractivity (Wildman–Crippen MR) is 125 cm³/mol. The van der Waals surface area contributed by atoms with Crippen LogP contribution in [0.5, 0.6) is 5.75 Å². The number of aliphatic hydroxyl groups excluding tert-OH is 1. The molecule has 0 aliphatic rings. The van der Waals surface area contributed by atoms with Crippen LogP contribution in [-0.2, 0) is 0 Å². The average molecular weight is 487 g/mol. The number of aromatic nitrogens is 3. The second-order valence-corrected chi connectivity index (χ2v) is 7.92. The van der Waals surface area contributed by atoms with Gasteiger partial charge in [0.15, 0.2) is 5.65 Å². The molecule has 2 aromatic carbocycles. The number of anilines is 2. The van der Waals surface area contributed by atoms with Crippen molar-refractivity contribution >= 4 is 34.3 Å². The van der Waals surface area contributed by atoms with Crippen LogP contribution < -0.4 is 20.5 Å². The van der Waals surface area contributed by atoms with Gasteiger partial charge in [0.1, 0.15) is 18.2 Å². The highest BCUT2D eigenvalue weighted by atomic mass is 35.5. The zero-order valence-electron chi connectivity index (χ0n) is 18.1. The van der Waals surface area contributed by atoms with Crippen LogP contribution in [0.1, 0.15) is 6.92 Å². The van der Waals surface area contributed by atoms with Gasteiger partial charge in [-0.25, -0.2) is 9.37 Å². The first kappa shape index (κ1) is 23.4. The number of pyridine rings is 1. The van der Waals surface area contributed by atoms with Crippen LogP contribution in [0.25, 0.3) is 22.2 Å². The van der Waals surface area contributed by atoms with Gasteiger partial charge in [0.2, 0.25) is 5.95 Å². The third-order valence-electron chi connectivity index (χ3n) is 4.84. The molecule has 2 aromatic heterocycles. The highest BCUT2D eigenvalue weighted by Crippen LogP contribution is 2.30. The molecule has 34 heavy (non-hydrogen) atoms. The first-order valence-electron chi connectivity index (χ1n) is 10.0. The van der Waals surface area contributed by atoms with Crippen LogP contribution in [0.3, 0.4) is 0 Å². The van der Waals surface area contributed by atoms with Crippen LogP contribution in [-0.4, -0.2) is 44.4 Å². The number of nitrogens with one attached hydrogen (secondary N) is 1. The van der Waals surface area contributed by atoms with Crippen LogP contribution in [0.15, 0.2) is 59.5 Å². The van der Waals surface area contributed by atoms with Crippen molar-refractivity contribution in [3.8, 4) is 16.9 Å². The van der Waals surface area contributed by atoms with Gasteiger partial charge >= 0.3 is 0 Å². The Balaban J connectivity index is 1.91. The fourth-order valence-corrected chi connectivity index (χ4v) is 3.47. The predicted octanol–water partition coefficient (Wildman–Crippen LogP) is 3.13. The summed E-state index contributed by atoms with van der Waals surface area (Å²) in [7, 11) is 1.54. The Morgan fingerprint density at radius 3 is 2.71 bits per heavy atom. The first-order chi connectivity index (χ1) is 16.2. The normalized spacial score (nSPS) is 12.9. The van der Waals surface area contributed by atoms with E-state index in [2.05, 4.69) is 15.3 Å². The molecule has 0 spiro atoms. The van der Waals surface area contributed by atoms with Gasteiger partial charge in [-0.3, -0.25) is 4.79 Å². The lowest BCUT2D eigenvalue weighted by Crippen LogP contribution is -2.45. The summed E-state index contributed by atoms with van der Waals surface area (Å²) < 4.78 is 20.5. The summed E-state index contributed by atoms with van der Waals surface area (Å²) in [4.78, 5) is 27.3. The van der Waals surface area contributed by atoms with Gasteiger partial charge in [-0.1, -0.05) is 23.7 Å². The van der Waals surface area contributed by atoms with Crippen LogP contribution in [0.2, 0.25) is 5.02 Å².